The van der Waals surface area contributed by atoms with Gasteiger partial charge in [-0.25, -0.2) is 4.39 Å². The number of hydrogen-bond acceptors (Lipinski definition) is 3. The molecule has 0 aliphatic heterocycles. The van der Waals surface area contributed by atoms with E-state index in [2.05, 4.69) is 5.16 Å². The first-order valence-corrected chi connectivity index (χ1v) is 4.98. The summed E-state index contributed by atoms with van der Waals surface area (Å²) >= 11 is 0. The van der Waals surface area contributed by atoms with Crippen LogP contribution in [0.5, 0.6) is 0 Å². The second kappa shape index (κ2) is 6.07. The van der Waals surface area contributed by atoms with Crippen molar-refractivity contribution < 1.29 is 14.3 Å². The molecule has 0 unspecified atom stereocenters. The van der Waals surface area contributed by atoms with Crippen molar-refractivity contribution in [2.45, 2.75) is 13.3 Å². The fraction of sp³-hybridized carbons (Fsp3) is 0.364. The van der Waals surface area contributed by atoms with Crippen LogP contribution in [0.15, 0.2) is 23.4 Å². The number of oxime groups is 1. The van der Waals surface area contributed by atoms with Crippen LogP contribution in [0.3, 0.4) is 0 Å². The highest BCUT2D eigenvalue weighted by atomic mass is 19.1. The van der Waals surface area contributed by atoms with E-state index in [-0.39, 0.29) is 18.3 Å². The number of halogens is 1. The molecule has 0 aliphatic rings. The number of benzene rings is 1. The summed E-state index contributed by atoms with van der Waals surface area (Å²) in [5.41, 5.74) is 6.76. The lowest BCUT2D eigenvalue weighted by Crippen LogP contribution is -2.14. The summed E-state index contributed by atoms with van der Waals surface area (Å²) in [5.74, 6) is -0.0845. The van der Waals surface area contributed by atoms with Crippen molar-refractivity contribution in [3.8, 4) is 0 Å². The Morgan fingerprint density at radius 1 is 1.56 bits per heavy atom. The molecule has 0 spiro atoms. The maximum Gasteiger partial charge on any atom is 0.170 e. The van der Waals surface area contributed by atoms with Crippen LogP contribution in [0.4, 0.5) is 4.39 Å². The first kappa shape index (κ1) is 12.4. The monoisotopic (exact) mass is 226 g/mol. The Labute approximate surface area is 93.5 Å². The lowest BCUT2D eigenvalue weighted by Gasteiger charge is -2.03. The molecule has 1 aromatic carbocycles. The van der Waals surface area contributed by atoms with E-state index in [0.29, 0.717) is 24.2 Å². The quantitative estimate of drug-likeness (QED) is 0.342. The number of nitrogens with two attached hydrogens (primary N) is 1. The molecule has 16 heavy (non-hydrogen) atoms. The van der Waals surface area contributed by atoms with Gasteiger partial charge in [-0.3, -0.25) is 0 Å². The van der Waals surface area contributed by atoms with Crippen LogP contribution < -0.4 is 5.73 Å². The summed E-state index contributed by atoms with van der Waals surface area (Å²) in [6.45, 7) is 2.00. The van der Waals surface area contributed by atoms with Crippen molar-refractivity contribution in [3.05, 3.63) is 35.1 Å². The Bertz CT molecular complexity index is 380. The van der Waals surface area contributed by atoms with Crippen LogP contribution in [0.25, 0.3) is 0 Å². The van der Waals surface area contributed by atoms with E-state index < -0.39 is 0 Å². The van der Waals surface area contributed by atoms with Crippen LogP contribution in [-0.2, 0) is 4.84 Å². The predicted molar refractivity (Wildman–Crippen MR) is 59.5 cm³/mol. The van der Waals surface area contributed by atoms with Crippen molar-refractivity contribution in [1.29, 1.82) is 0 Å². The number of aliphatic hydroxyl groups excluding tert-OH is 1. The molecule has 0 heterocycles. The average molecular weight is 226 g/mol. The van der Waals surface area contributed by atoms with Gasteiger partial charge in [-0.2, -0.15) is 0 Å². The molecule has 0 aliphatic carbocycles. The summed E-state index contributed by atoms with van der Waals surface area (Å²) in [5, 5.41) is 12.2. The van der Waals surface area contributed by atoms with Crippen LogP contribution in [0.2, 0.25) is 0 Å². The van der Waals surface area contributed by atoms with Gasteiger partial charge in [0.1, 0.15) is 12.4 Å². The SMILES string of the molecule is Cc1cc(/C(N)=N/OCCCO)ccc1F. The Hall–Kier alpha value is -1.62. The molecule has 1 aromatic rings. The third-order valence-corrected chi connectivity index (χ3v) is 2.01. The van der Waals surface area contributed by atoms with E-state index in [4.69, 9.17) is 15.7 Å². The van der Waals surface area contributed by atoms with Crippen molar-refractivity contribution in [1.82, 2.24) is 0 Å². The first-order chi connectivity index (χ1) is 7.65. The van der Waals surface area contributed by atoms with Gasteiger partial charge in [-0.15, -0.1) is 0 Å². The fourth-order valence-corrected chi connectivity index (χ4v) is 1.10. The van der Waals surface area contributed by atoms with Gasteiger partial charge >= 0.3 is 0 Å². The number of aliphatic hydroxyl groups is 1. The predicted octanol–water partition coefficient (Wildman–Crippen LogP) is 1.15. The highest BCUT2D eigenvalue weighted by Crippen LogP contribution is 2.08. The standard InChI is InChI=1S/C11H15FN2O2/c1-8-7-9(3-4-10(8)12)11(13)14-16-6-2-5-15/h3-4,7,15H,2,5-6H2,1H3,(H2,13,14). The smallest absolute Gasteiger partial charge is 0.170 e. The molecule has 5 heteroatoms. The summed E-state index contributed by atoms with van der Waals surface area (Å²) in [7, 11) is 0. The minimum atomic E-state index is -0.280. The first-order valence-electron chi connectivity index (χ1n) is 4.98. The molecule has 3 N–H and O–H groups in total. The lowest BCUT2D eigenvalue weighted by atomic mass is 10.1. The van der Waals surface area contributed by atoms with E-state index >= 15 is 0 Å². The molecule has 1 rings (SSSR count). The van der Waals surface area contributed by atoms with Crippen LogP contribution in [-0.4, -0.2) is 24.2 Å². The molecule has 0 saturated carbocycles. The average Bonchev–Trinajstić information content (AvgIpc) is 2.28. The second-order valence-electron chi connectivity index (χ2n) is 3.35. The van der Waals surface area contributed by atoms with E-state index in [0.717, 1.165) is 0 Å². The molecule has 4 nitrogen and oxygen atoms in total. The largest absolute Gasteiger partial charge is 0.396 e. The van der Waals surface area contributed by atoms with Gasteiger partial charge in [-0.1, -0.05) is 5.16 Å². The Balaban J connectivity index is 2.64. The molecule has 0 radical (unpaired) electrons. The second-order valence-corrected chi connectivity index (χ2v) is 3.35. The van der Waals surface area contributed by atoms with Gasteiger partial charge in [-0.05, 0) is 30.7 Å². The summed E-state index contributed by atoms with van der Waals surface area (Å²) in [6, 6.07) is 4.47. The number of nitrogens with zero attached hydrogens (tertiary/aromatic N) is 1. The minimum absolute atomic E-state index is 0.0467. The number of hydrogen-bond donors (Lipinski definition) is 2. The molecule has 0 atom stereocenters. The highest BCUT2D eigenvalue weighted by Gasteiger charge is 2.02. The van der Waals surface area contributed by atoms with Crippen molar-refractivity contribution >= 4 is 5.84 Å². The van der Waals surface area contributed by atoms with Crippen molar-refractivity contribution in [2.24, 2.45) is 10.9 Å². The normalized spacial score (nSPS) is 11.6. The molecule has 0 aromatic heterocycles. The third-order valence-electron chi connectivity index (χ3n) is 2.01. The molecule has 0 bridgehead atoms. The minimum Gasteiger partial charge on any atom is -0.396 e. The third kappa shape index (κ3) is 3.51. The molecule has 0 amide bonds. The molecular formula is C11H15FN2O2. The van der Waals surface area contributed by atoms with Gasteiger partial charge in [0, 0.05) is 18.6 Å². The zero-order valence-electron chi connectivity index (χ0n) is 9.11. The van der Waals surface area contributed by atoms with Gasteiger partial charge < -0.3 is 15.7 Å². The fourth-order valence-electron chi connectivity index (χ4n) is 1.10. The summed E-state index contributed by atoms with van der Waals surface area (Å²) < 4.78 is 13.0. The van der Waals surface area contributed by atoms with E-state index in [1.54, 1.807) is 13.0 Å². The number of rotatable bonds is 5. The van der Waals surface area contributed by atoms with E-state index in [1.165, 1.54) is 12.1 Å². The van der Waals surface area contributed by atoms with Crippen LogP contribution in [0, 0.1) is 12.7 Å². The van der Waals surface area contributed by atoms with Crippen molar-refractivity contribution in [3.63, 3.8) is 0 Å². The zero-order valence-corrected chi connectivity index (χ0v) is 9.11. The van der Waals surface area contributed by atoms with Gasteiger partial charge in [0.15, 0.2) is 5.84 Å². The highest BCUT2D eigenvalue weighted by molar-refractivity contribution is 5.97. The van der Waals surface area contributed by atoms with Crippen LogP contribution >= 0.6 is 0 Å². The molecule has 0 saturated heterocycles. The number of amidine groups is 1. The maximum atomic E-state index is 13.0. The molecule has 88 valence electrons. The van der Waals surface area contributed by atoms with Crippen molar-refractivity contribution in [2.75, 3.05) is 13.2 Å². The van der Waals surface area contributed by atoms with Gasteiger partial charge in [0.25, 0.3) is 0 Å². The Morgan fingerprint density at radius 3 is 2.94 bits per heavy atom. The van der Waals surface area contributed by atoms with Gasteiger partial charge in [0.05, 0.1) is 0 Å². The molecular weight excluding hydrogens is 211 g/mol. The summed E-state index contributed by atoms with van der Waals surface area (Å²) in [6.07, 6.45) is 0.499. The van der Waals surface area contributed by atoms with E-state index in [9.17, 15) is 4.39 Å². The Kier molecular flexibility index (Phi) is 4.72. The number of aryl methyl sites for hydroxylation is 1. The van der Waals surface area contributed by atoms with Gasteiger partial charge in [0.2, 0.25) is 0 Å². The molecule has 0 fully saturated rings. The summed E-state index contributed by atoms with van der Waals surface area (Å²) in [4.78, 5) is 4.87. The lowest BCUT2D eigenvalue weighted by molar-refractivity contribution is 0.124. The zero-order chi connectivity index (χ0) is 12.0. The maximum absolute atomic E-state index is 13.0. The Morgan fingerprint density at radius 2 is 2.31 bits per heavy atom. The van der Waals surface area contributed by atoms with Crippen LogP contribution in [0.1, 0.15) is 17.5 Å². The van der Waals surface area contributed by atoms with E-state index in [1.807, 2.05) is 0 Å². The topological polar surface area (TPSA) is 67.8 Å².